The minimum atomic E-state index is -0.0872. The molecule has 1 aliphatic heterocycles. The fourth-order valence-corrected chi connectivity index (χ4v) is 4.32. The van der Waals surface area contributed by atoms with E-state index in [0.29, 0.717) is 35.5 Å². The SMILES string of the molecule is O=C(Nc1ccc(Br)c(Cl)c1)C1CCCN(Cc2nc(-c3cccs3)no2)C1. The van der Waals surface area contributed by atoms with Crippen molar-refractivity contribution in [3.8, 4) is 10.7 Å². The van der Waals surface area contributed by atoms with Crippen LogP contribution in [0.2, 0.25) is 5.02 Å². The average Bonchev–Trinajstić information content (AvgIpc) is 3.37. The summed E-state index contributed by atoms with van der Waals surface area (Å²) >= 11 is 11.0. The van der Waals surface area contributed by atoms with Gasteiger partial charge in [0.25, 0.3) is 0 Å². The highest BCUT2D eigenvalue weighted by Gasteiger charge is 2.27. The maximum Gasteiger partial charge on any atom is 0.241 e. The number of halogens is 2. The van der Waals surface area contributed by atoms with Crippen LogP contribution < -0.4 is 5.32 Å². The zero-order valence-electron chi connectivity index (χ0n) is 14.9. The van der Waals surface area contributed by atoms with E-state index in [1.165, 1.54) is 0 Å². The lowest BCUT2D eigenvalue weighted by molar-refractivity contribution is -0.121. The first-order valence-electron chi connectivity index (χ1n) is 8.93. The van der Waals surface area contributed by atoms with Gasteiger partial charge in [-0.05, 0) is 65.0 Å². The molecule has 1 amide bonds. The van der Waals surface area contributed by atoms with E-state index in [1.54, 1.807) is 17.4 Å². The van der Waals surface area contributed by atoms with Crippen LogP contribution in [0, 0.1) is 5.92 Å². The number of anilines is 1. The van der Waals surface area contributed by atoms with Gasteiger partial charge in [-0.15, -0.1) is 11.3 Å². The number of rotatable bonds is 5. The quantitative estimate of drug-likeness (QED) is 0.551. The van der Waals surface area contributed by atoms with Gasteiger partial charge in [0.05, 0.1) is 22.4 Å². The predicted molar refractivity (Wildman–Crippen MR) is 113 cm³/mol. The molecule has 0 aliphatic carbocycles. The Morgan fingerprint density at radius 2 is 2.32 bits per heavy atom. The number of amides is 1. The Balaban J connectivity index is 1.36. The van der Waals surface area contributed by atoms with E-state index < -0.39 is 0 Å². The third kappa shape index (κ3) is 4.63. The van der Waals surface area contributed by atoms with Crippen molar-refractivity contribution in [2.75, 3.05) is 18.4 Å². The Kier molecular flexibility index (Phi) is 6.10. The molecule has 1 unspecified atom stereocenters. The number of thiophene rings is 1. The molecule has 0 spiro atoms. The molecular weight excluding hydrogens is 464 g/mol. The van der Waals surface area contributed by atoms with Crippen molar-refractivity contribution < 1.29 is 9.32 Å². The lowest BCUT2D eigenvalue weighted by Crippen LogP contribution is -2.40. The number of benzene rings is 1. The summed E-state index contributed by atoms with van der Waals surface area (Å²) < 4.78 is 6.19. The summed E-state index contributed by atoms with van der Waals surface area (Å²) in [6, 6.07) is 9.33. The number of piperidine rings is 1. The van der Waals surface area contributed by atoms with Crippen LogP contribution in [-0.4, -0.2) is 34.0 Å². The molecule has 0 saturated carbocycles. The third-order valence-corrected chi connectivity index (χ3v) is 6.73. The van der Waals surface area contributed by atoms with E-state index in [0.717, 1.165) is 28.7 Å². The fourth-order valence-electron chi connectivity index (χ4n) is 3.25. The lowest BCUT2D eigenvalue weighted by Gasteiger charge is -2.30. The van der Waals surface area contributed by atoms with Gasteiger partial charge in [0.1, 0.15) is 0 Å². The van der Waals surface area contributed by atoms with Crippen LogP contribution in [0.1, 0.15) is 18.7 Å². The maximum atomic E-state index is 12.7. The summed E-state index contributed by atoms with van der Waals surface area (Å²) in [6.45, 7) is 2.11. The first-order chi connectivity index (χ1) is 13.6. The maximum absolute atomic E-state index is 12.7. The summed E-state index contributed by atoms with van der Waals surface area (Å²) in [5, 5.41) is 9.57. The molecule has 1 atom stereocenters. The minimum absolute atomic E-state index is 0.00731. The number of nitrogens with one attached hydrogen (secondary N) is 1. The van der Waals surface area contributed by atoms with Crippen molar-refractivity contribution in [1.29, 1.82) is 0 Å². The molecule has 146 valence electrons. The van der Waals surface area contributed by atoms with Crippen LogP contribution in [0.4, 0.5) is 5.69 Å². The summed E-state index contributed by atoms with van der Waals surface area (Å²) in [4.78, 5) is 20.3. The van der Waals surface area contributed by atoms with E-state index in [9.17, 15) is 4.79 Å². The van der Waals surface area contributed by atoms with Crippen LogP contribution in [0.25, 0.3) is 10.7 Å². The summed E-state index contributed by atoms with van der Waals surface area (Å²) in [5.74, 6) is 1.11. The molecule has 4 rings (SSSR count). The monoisotopic (exact) mass is 480 g/mol. The second-order valence-electron chi connectivity index (χ2n) is 6.68. The summed E-state index contributed by atoms with van der Waals surface area (Å²) in [7, 11) is 0. The Morgan fingerprint density at radius 3 is 3.11 bits per heavy atom. The van der Waals surface area contributed by atoms with Crippen molar-refractivity contribution in [1.82, 2.24) is 15.0 Å². The highest BCUT2D eigenvalue weighted by atomic mass is 79.9. The second-order valence-corrected chi connectivity index (χ2v) is 8.89. The van der Waals surface area contributed by atoms with Crippen LogP contribution in [0.3, 0.4) is 0 Å². The van der Waals surface area contributed by atoms with Crippen molar-refractivity contribution in [3.05, 3.63) is 51.1 Å². The van der Waals surface area contributed by atoms with Gasteiger partial charge in [0, 0.05) is 16.7 Å². The number of carbonyl (C=O) groups excluding carboxylic acids is 1. The number of hydrogen-bond donors (Lipinski definition) is 1. The standard InChI is InChI=1S/C19H18BrClN4O2S/c20-14-6-5-13(9-15(14)21)22-19(26)12-3-1-7-25(10-12)11-17-23-18(24-27-17)16-4-2-8-28-16/h2,4-6,8-9,12H,1,3,7,10-11H2,(H,22,26). The average molecular weight is 482 g/mol. The molecule has 6 nitrogen and oxygen atoms in total. The van der Waals surface area contributed by atoms with Crippen molar-refractivity contribution >= 4 is 50.5 Å². The van der Waals surface area contributed by atoms with Crippen LogP contribution in [-0.2, 0) is 11.3 Å². The molecule has 3 heterocycles. The molecule has 0 radical (unpaired) electrons. The number of nitrogens with zero attached hydrogens (tertiary/aromatic N) is 3. The largest absolute Gasteiger partial charge is 0.338 e. The summed E-state index contributed by atoms with van der Waals surface area (Å²) in [5.41, 5.74) is 0.702. The lowest BCUT2D eigenvalue weighted by atomic mass is 9.97. The molecule has 2 aromatic heterocycles. The van der Waals surface area contributed by atoms with E-state index in [4.69, 9.17) is 16.1 Å². The van der Waals surface area contributed by atoms with Gasteiger partial charge in [0.2, 0.25) is 17.6 Å². The van der Waals surface area contributed by atoms with Crippen LogP contribution >= 0.6 is 38.9 Å². The first-order valence-corrected chi connectivity index (χ1v) is 11.0. The normalized spacial score (nSPS) is 17.6. The van der Waals surface area contributed by atoms with E-state index >= 15 is 0 Å². The molecule has 3 aromatic rings. The van der Waals surface area contributed by atoms with Gasteiger partial charge < -0.3 is 9.84 Å². The number of likely N-dealkylation sites (tertiary alicyclic amines) is 1. The molecule has 1 aliphatic rings. The topological polar surface area (TPSA) is 71.3 Å². The molecule has 1 aromatic carbocycles. The van der Waals surface area contributed by atoms with Crippen LogP contribution in [0.15, 0.2) is 44.7 Å². The Labute approximate surface area is 180 Å². The Bertz CT molecular complexity index is 963. The highest BCUT2D eigenvalue weighted by molar-refractivity contribution is 9.10. The molecule has 0 bridgehead atoms. The number of carbonyl (C=O) groups is 1. The summed E-state index contributed by atoms with van der Waals surface area (Å²) in [6.07, 6.45) is 1.81. The van der Waals surface area contributed by atoms with Crippen molar-refractivity contribution in [2.24, 2.45) is 5.92 Å². The number of hydrogen-bond acceptors (Lipinski definition) is 6. The molecule has 28 heavy (non-hydrogen) atoms. The van der Waals surface area contributed by atoms with Gasteiger partial charge >= 0.3 is 0 Å². The fraction of sp³-hybridized carbons (Fsp3) is 0.316. The van der Waals surface area contributed by atoms with Gasteiger partial charge in [-0.1, -0.05) is 22.8 Å². The Hall–Kier alpha value is -1.74. The molecule has 1 N–H and O–H groups in total. The van der Waals surface area contributed by atoms with Crippen LogP contribution in [0.5, 0.6) is 0 Å². The number of aromatic nitrogens is 2. The molecular formula is C19H18BrClN4O2S. The highest BCUT2D eigenvalue weighted by Crippen LogP contribution is 2.27. The van der Waals surface area contributed by atoms with Crippen molar-refractivity contribution in [2.45, 2.75) is 19.4 Å². The smallest absolute Gasteiger partial charge is 0.241 e. The van der Waals surface area contributed by atoms with Gasteiger partial charge in [-0.3, -0.25) is 9.69 Å². The molecule has 1 saturated heterocycles. The zero-order chi connectivity index (χ0) is 19.5. The van der Waals surface area contributed by atoms with Gasteiger partial charge in [0.15, 0.2) is 0 Å². The first kappa shape index (κ1) is 19.6. The Morgan fingerprint density at radius 1 is 1.43 bits per heavy atom. The van der Waals surface area contributed by atoms with E-state index in [2.05, 4.69) is 36.3 Å². The minimum Gasteiger partial charge on any atom is -0.338 e. The van der Waals surface area contributed by atoms with Crippen molar-refractivity contribution in [3.63, 3.8) is 0 Å². The zero-order valence-corrected chi connectivity index (χ0v) is 18.1. The predicted octanol–water partition coefficient (Wildman–Crippen LogP) is 5.06. The van der Waals surface area contributed by atoms with E-state index in [1.807, 2.05) is 29.6 Å². The molecule has 1 fully saturated rings. The van der Waals surface area contributed by atoms with Gasteiger partial charge in [-0.2, -0.15) is 4.98 Å². The third-order valence-electron chi connectivity index (χ3n) is 4.63. The van der Waals surface area contributed by atoms with Gasteiger partial charge in [-0.25, -0.2) is 0 Å². The second kappa shape index (κ2) is 8.73. The van der Waals surface area contributed by atoms with E-state index in [-0.39, 0.29) is 11.8 Å². The molecule has 9 heteroatoms.